The van der Waals surface area contributed by atoms with Gasteiger partial charge in [0, 0.05) is 49.3 Å². The summed E-state index contributed by atoms with van der Waals surface area (Å²) < 4.78 is 0. The largest absolute Gasteiger partial charge is 0.337 e. The molecule has 6 nitrogen and oxygen atoms in total. The molecule has 1 N–H and O–H groups in total. The Morgan fingerprint density at radius 1 is 1.00 bits per heavy atom. The molecule has 0 atom stereocenters. The van der Waals surface area contributed by atoms with Crippen molar-refractivity contribution in [3.8, 4) is 0 Å². The number of hydrogen-bond acceptors (Lipinski definition) is 3. The number of benzene rings is 1. The third-order valence-corrected chi connectivity index (χ3v) is 4.33. The molecule has 0 radical (unpaired) electrons. The van der Waals surface area contributed by atoms with E-state index in [1.807, 2.05) is 0 Å². The molecule has 0 unspecified atom stereocenters. The lowest BCUT2D eigenvalue weighted by Crippen LogP contribution is -2.39. The fourth-order valence-corrected chi connectivity index (χ4v) is 2.86. The molecule has 25 heavy (non-hydrogen) atoms. The van der Waals surface area contributed by atoms with Crippen molar-refractivity contribution >= 4 is 29.2 Å². The van der Waals surface area contributed by atoms with Crippen LogP contribution in [0.15, 0.2) is 48.8 Å². The molecule has 3 amide bonds. The maximum absolute atomic E-state index is 12.5. The molecule has 2 aromatic rings. The Hall–Kier alpha value is -2.60. The molecule has 0 saturated carbocycles. The number of anilines is 1. The number of amides is 3. The summed E-state index contributed by atoms with van der Waals surface area (Å²) in [5.74, 6) is -0.0481. The zero-order valence-corrected chi connectivity index (χ0v) is 14.4. The molecule has 1 aliphatic heterocycles. The van der Waals surface area contributed by atoms with Crippen LogP contribution in [0.5, 0.6) is 0 Å². The van der Waals surface area contributed by atoms with E-state index in [4.69, 9.17) is 11.6 Å². The highest BCUT2D eigenvalue weighted by Crippen LogP contribution is 2.15. The van der Waals surface area contributed by atoms with E-state index in [0.717, 1.165) is 6.42 Å². The Bertz CT molecular complexity index is 737. The molecule has 1 saturated heterocycles. The van der Waals surface area contributed by atoms with Gasteiger partial charge in [0.15, 0.2) is 0 Å². The van der Waals surface area contributed by atoms with Gasteiger partial charge in [-0.2, -0.15) is 0 Å². The summed E-state index contributed by atoms with van der Waals surface area (Å²) in [5.41, 5.74) is 1.27. The standard InChI is InChI=1S/C18H19ClN4O2/c19-15-4-6-16(7-5-15)21-18(25)23-10-2-9-22(11-12-23)17(24)14-3-1-8-20-13-14/h1,3-8,13H,2,9-12H2,(H,21,25). The Morgan fingerprint density at radius 2 is 1.72 bits per heavy atom. The first-order valence-electron chi connectivity index (χ1n) is 8.14. The maximum Gasteiger partial charge on any atom is 0.321 e. The van der Waals surface area contributed by atoms with Crippen LogP contribution < -0.4 is 5.32 Å². The number of nitrogens with one attached hydrogen (secondary N) is 1. The van der Waals surface area contributed by atoms with Gasteiger partial charge in [0.1, 0.15) is 0 Å². The summed E-state index contributed by atoms with van der Waals surface area (Å²) in [6.07, 6.45) is 3.94. The number of aromatic nitrogens is 1. The summed E-state index contributed by atoms with van der Waals surface area (Å²) in [6.45, 7) is 2.22. The average molecular weight is 359 g/mol. The van der Waals surface area contributed by atoms with Crippen LogP contribution in [-0.2, 0) is 0 Å². The van der Waals surface area contributed by atoms with Crippen molar-refractivity contribution in [3.63, 3.8) is 0 Å². The number of hydrogen-bond donors (Lipinski definition) is 1. The molecule has 7 heteroatoms. The van der Waals surface area contributed by atoms with E-state index in [1.165, 1.54) is 0 Å². The van der Waals surface area contributed by atoms with Crippen molar-refractivity contribution in [2.45, 2.75) is 6.42 Å². The number of carbonyl (C=O) groups is 2. The summed E-state index contributed by atoms with van der Waals surface area (Å²) in [5, 5.41) is 3.48. The lowest BCUT2D eigenvalue weighted by Gasteiger charge is -2.22. The molecule has 0 aliphatic carbocycles. The highest BCUT2D eigenvalue weighted by molar-refractivity contribution is 6.30. The monoisotopic (exact) mass is 358 g/mol. The van der Waals surface area contributed by atoms with E-state index in [0.29, 0.717) is 42.5 Å². The van der Waals surface area contributed by atoms with Crippen molar-refractivity contribution in [1.29, 1.82) is 0 Å². The third kappa shape index (κ3) is 4.48. The first-order valence-corrected chi connectivity index (χ1v) is 8.52. The van der Waals surface area contributed by atoms with Gasteiger partial charge in [-0.3, -0.25) is 9.78 Å². The van der Waals surface area contributed by atoms with E-state index in [1.54, 1.807) is 58.6 Å². The van der Waals surface area contributed by atoms with Gasteiger partial charge in [-0.15, -0.1) is 0 Å². The second kappa shape index (κ2) is 7.98. The molecule has 1 aliphatic rings. The quantitative estimate of drug-likeness (QED) is 0.897. The van der Waals surface area contributed by atoms with Gasteiger partial charge in [-0.1, -0.05) is 11.6 Å². The predicted molar refractivity (Wildman–Crippen MR) is 96.8 cm³/mol. The lowest BCUT2D eigenvalue weighted by molar-refractivity contribution is 0.0762. The summed E-state index contributed by atoms with van der Waals surface area (Å²) in [7, 11) is 0. The van der Waals surface area contributed by atoms with Gasteiger partial charge in [0.2, 0.25) is 0 Å². The van der Waals surface area contributed by atoms with E-state index in [2.05, 4.69) is 10.3 Å². The smallest absolute Gasteiger partial charge is 0.321 e. The van der Waals surface area contributed by atoms with E-state index >= 15 is 0 Å². The summed E-state index contributed by atoms with van der Waals surface area (Å²) in [6, 6.07) is 10.3. The van der Waals surface area contributed by atoms with Crippen molar-refractivity contribution in [2.75, 3.05) is 31.5 Å². The second-order valence-corrected chi connectivity index (χ2v) is 6.25. The van der Waals surface area contributed by atoms with E-state index in [9.17, 15) is 9.59 Å². The number of urea groups is 1. The number of rotatable bonds is 2. The SMILES string of the molecule is O=C(Nc1ccc(Cl)cc1)N1CCCN(C(=O)c2cccnc2)CC1. The molecule has 130 valence electrons. The minimum atomic E-state index is -0.169. The fraction of sp³-hybridized carbons (Fsp3) is 0.278. The Labute approximate surface area is 151 Å². The Balaban J connectivity index is 1.58. The summed E-state index contributed by atoms with van der Waals surface area (Å²) >= 11 is 5.85. The van der Waals surface area contributed by atoms with Crippen LogP contribution in [0.25, 0.3) is 0 Å². The highest BCUT2D eigenvalue weighted by atomic mass is 35.5. The van der Waals surface area contributed by atoms with Gasteiger partial charge >= 0.3 is 6.03 Å². The molecule has 1 fully saturated rings. The van der Waals surface area contributed by atoms with Gasteiger partial charge in [0.25, 0.3) is 5.91 Å². The molecule has 2 heterocycles. The van der Waals surface area contributed by atoms with E-state index < -0.39 is 0 Å². The van der Waals surface area contributed by atoms with Crippen LogP contribution in [-0.4, -0.2) is 52.9 Å². The zero-order chi connectivity index (χ0) is 17.6. The zero-order valence-electron chi connectivity index (χ0n) is 13.7. The molecule has 0 bridgehead atoms. The first-order chi connectivity index (χ1) is 12.1. The van der Waals surface area contributed by atoms with Crippen LogP contribution >= 0.6 is 11.6 Å². The molecule has 3 rings (SSSR count). The van der Waals surface area contributed by atoms with Crippen molar-refractivity contribution in [1.82, 2.24) is 14.8 Å². The van der Waals surface area contributed by atoms with Crippen LogP contribution in [0.4, 0.5) is 10.5 Å². The second-order valence-electron chi connectivity index (χ2n) is 5.81. The number of halogens is 1. The number of nitrogens with zero attached hydrogens (tertiary/aromatic N) is 3. The van der Waals surface area contributed by atoms with Crippen LogP contribution in [0.2, 0.25) is 5.02 Å². The number of carbonyl (C=O) groups excluding carboxylic acids is 2. The molecule has 0 spiro atoms. The highest BCUT2D eigenvalue weighted by Gasteiger charge is 2.22. The normalized spacial score (nSPS) is 14.8. The predicted octanol–water partition coefficient (Wildman–Crippen LogP) is 3.12. The van der Waals surface area contributed by atoms with Crippen LogP contribution in [0.1, 0.15) is 16.8 Å². The van der Waals surface area contributed by atoms with Gasteiger partial charge in [-0.05, 0) is 42.8 Å². The lowest BCUT2D eigenvalue weighted by atomic mass is 10.2. The maximum atomic E-state index is 12.5. The van der Waals surface area contributed by atoms with Gasteiger partial charge in [0.05, 0.1) is 5.56 Å². The third-order valence-electron chi connectivity index (χ3n) is 4.07. The molecule has 1 aromatic carbocycles. The minimum absolute atomic E-state index is 0.0481. The fourth-order valence-electron chi connectivity index (χ4n) is 2.73. The van der Waals surface area contributed by atoms with Crippen LogP contribution in [0.3, 0.4) is 0 Å². The first kappa shape index (κ1) is 17.2. The van der Waals surface area contributed by atoms with Crippen molar-refractivity contribution in [2.24, 2.45) is 0 Å². The van der Waals surface area contributed by atoms with Crippen molar-refractivity contribution in [3.05, 3.63) is 59.4 Å². The average Bonchev–Trinajstić information content (AvgIpc) is 2.90. The molecular weight excluding hydrogens is 340 g/mol. The number of pyridine rings is 1. The molecule has 1 aromatic heterocycles. The Morgan fingerprint density at radius 3 is 2.44 bits per heavy atom. The van der Waals surface area contributed by atoms with Gasteiger partial charge in [-0.25, -0.2) is 4.79 Å². The summed E-state index contributed by atoms with van der Waals surface area (Å²) in [4.78, 5) is 32.4. The van der Waals surface area contributed by atoms with Gasteiger partial charge < -0.3 is 15.1 Å². The minimum Gasteiger partial charge on any atom is -0.337 e. The van der Waals surface area contributed by atoms with Crippen LogP contribution in [0, 0.1) is 0 Å². The van der Waals surface area contributed by atoms with Crippen molar-refractivity contribution < 1.29 is 9.59 Å². The topological polar surface area (TPSA) is 65.5 Å². The Kier molecular flexibility index (Phi) is 5.50. The molecular formula is C18H19ClN4O2. The van der Waals surface area contributed by atoms with E-state index in [-0.39, 0.29) is 11.9 Å².